The quantitative estimate of drug-likeness (QED) is 0.779. The van der Waals surface area contributed by atoms with Crippen LogP contribution in [-0.2, 0) is 6.54 Å². The van der Waals surface area contributed by atoms with Crippen LogP contribution in [-0.4, -0.2) is 55.3 Å². The van der Waals surface area contributed by atoms with Crippen LogP contribution in [0.15, 0.2) is 45.9 Å². The Bertz CT molecular complexity index is 676. The Kier molecular flexibility index (Phi) is 5.48. The summed E-state index contributed by atoms with van der Waals surface area (Å²) in [6.45, 7) is 4.08. The molecule has 0 radical (unpaired) electrons. The largest absolute Gasteiger partial charge is 0.497 e. The molecular formula is C18H22N2O3S. The van der Waals surface area contributed by atoms with Gasteiger partial charge in [0, 0.05) is 32.7 Å². The van der Waals surface area contributed by atoms with Crippen molar-refractivity contribution in [2.45, 2.75) is 11.6 Å². The minimum Gasteiger partial charge on any atom is -0.497 e. The number of thioether (sulfide) groups is 1. The molecule has 1 amide bonds. The molecule has 1 fully saturated rings. The van der Waals surface area contributed by atoms with Gasteiger partial charge in [0.25, 0.3) is 5.91 Å². The molecule has 6 heteroatoms. The summed E-state index contributed by atoms with van der Waals surface area (Å²) in [5.41, 5.74) is 1.26. The summed E-state index contributed by atoms with van der Waals surface area (Å²) in [6.07, 6.45) is 1.94. The lowest BCUT2D eigenvalue weighted by atomic mass is 10.2. The van der Waals surface area contributed by atoms with Gasteiger partial charge in [-0.1, -0.05) is 23.9 Å². The van der Waals surface area contributed by atoms with Crippen molar-refractivity contribution >= 4 is 17.7 Å². The van der Waals surface area contributed by atoms with Crippen molar-refractivity contribution in [2.24, 2.45) is 0 Å². The van der Waals surface area contributed by atoms with Gasteiger partial charge in [0.15, 0.2) is 10.9 Å². The smallest absolute Gasteiger partial charge is 0.289 e. The molecule has 5 nitrogen and oxygen atoms in total. The Balaban J connectivity index is 1.52. The summed E-state index contributed by atoms with van der Waals surface area (Å²) < 4.78 is 10.7. The zero-order chi connectivity index (χ0) is 16.9. The molecule has 0 atom stereocenters. The number of hydrogen-bond donors (Lipinski definition) is 0. The first-order chi connectivity index (χ1) is 11.7. The maximum absolute atomic E-state index is 12.5. The van der Waals surface area contributed by atoms with Gasteiger partial charge >= 0.3 is 0 Å². The highest BCUT2D eigenvalue weighted by molar-refractivity contribution is 7.98. The van der Waals surface area contributed by atoms with Crippen molar-refractivity contribution in [3.8, 4) is 5.75 Å². The van der Waals surface area contributed by atoms with E-state index in [-0.39, 0.29) is 5.91 Å². The van der Waals surface area contributed by atoms with Crippen molar-refractivity contribution in [3.63, 3.8) is 0 Å². The summed E-state index contributed by atoms with van der Waals surface area (Å²) in [5, 5.41) is 0.775. The van der Waals surface area contributed by atoms with Crippen molar-refractivity contribution in [2.75, 3.05) is 39.5 Å². The molecule has 2 heterocycles. The number of benzene rings is 1. The van der Waals surface area contributed by atoms with E-state index >= 15 is 0 Å². The zero-order valence-electron chi connectivity index (χ0n) is 14.0. The number of methoxy groups -OCH3 is 1. The van der Waals surface area contributed by atoms with Gasteiger partial charge in [-0.3, -0.25) is 9.69 Å². The van der Waals surface area contributed by atoms with E-state index in [1.54, 1.807) is 13.2 Å². The Morgan fingerprint density at radius 1 is 1.12 bits per heavy atom. The van der Waals surface area contributed by atoms with Gasteiger partial charge < -0.3 is 14.1 Å². The first-order valence-electron chi connectivity index (χ1n) is 7.98. The molecule has 1 saturated heterocycles. The van der Waals surface area contributed by atoms with E-state index in [1.165, 1.54) is 17.3 Å². The Morgan fingerprint density at radius 3 is 2.42 bits per heavy atom. The van der Waals surface area contributed by atoms with Crippen LogP contribution in [0.5, 0.6) is 5.75 Å². The fraction of sp³-hybridized carbons (Fsp3) is 0.389. The molecule has 0 bridgehead atoms. The van der Waals surface area contributed by atoms with E-state index < -0.39 is 0 Å². The molecule has 0 unspecified atom stereocenters. The molecule has 1 aromatic heterocycles. The molecule has 1 aromatic carbocycles. The van der Waals surface area contributed by atoms with Crippen molar-refractivity contribution in [1.82, 2.24) is 9.80 Å². The standard InChI is InChI=1S/C18H22N2O3S/c1-22-15-5-3-14(4-6-15)13-19-9-11-20(12-10-19)18(21)16-7-8-17(23-16)24-2/h3-8H,9-13H2,1-2H3. The van der Waals surface area contributed by atoms with Gasteiger partial charge in [-0.2, -0.15) is 0 Å². The lowest BCUT2D eigenvalue weighted by molar-refractivity contribution is 0.0592. The first kappa shape index (κ1) is 16.9. The third kappa shape index (κ3) is 3.94. The van der Waals surface area contributed by atoms with Crippen LogP contribution in [0.4, 0.5) is 0 Å². The second kappa shape index (κ2) is 7.77. The number of carbonyl (C=O) groups is 1. The first-order valence-corrected chi connectivity index (χ1v) is 9.20. The van der Waals surface area contributed by atoms with Crippen molar-refractivity contribution in [1.29, 1.82) is 0 Å². The van der Waals surface area contributed by atoms with Crippen LogP contribution in [0.2, 0.25) is 0 Å². The zero-order valence-corrected chi connectivity index (χ0v) is 14.8. The number of rotatable bonds is 5. The molecule has 0 N–H and O–H groups in total. The van der Waals surface area contributed by atoms with Crippen LogP contribution in [0.1, 0.15) is 16.1 Å². The fourth-order valence-corrected chi connectivity index (χ4v) is 3.18. The molecular weight excluding hydrogens is 324 g/mol. The number of amides is 1. The fourth-order valence-electron chi connectivity index (χ4n) is 2.80. The summed E-state index contributed by atoms with van der Waals surface area (Å²) >= 11 is 1.50. The topological polar surface area (TPSA) is 45.9 Å². The Hall–Kier alpha value is -1.92. The van der Waals surface area contributed by atoms with E-state index in [2.05, 4.69) is 17.0 Å². The van der Waals surface area contributed by atoms with Crippen LogP contribution in [0.25, 0.3) is 0 Å². The number of ether oxygens (including phenoxy) is 1. The normalized spacial score (nSPS) is 15.5. The average Bonchev–Trinajstić information content (AvgIpc) is 3.11. The molecule has 128 valence electrons. The Labute approximate surface area is 146 Å². The van der Waals surface area contributed by atoms with E-state index in [9.17, 15) is 4.79 Å². The Morgan fingerprint density at radius 2 is 1.83 bits per heavy atom. The number of furan rings is 1. The maximum atomic E-state index is 12.5. The monoisotopic (exact) mass is 346 g/mol. The highest BCUT2D eigenvalue weighted by Gasteiger charge is 2.24. The number of carbonyl (C=O) groups excluding carboxylic acids is 1. The van der Waals surface area contributed by atoms with Gasteiger partial charge in [-0.25, -0.2) is 0 Å². The summed E-state index contributed by atoms with van der Waals surface area (Å²) in [5.74, 6) is 1.29. The van der Waals surface area contributed by atoms with E-state index in [1.807, 2.05) is 29.4 Å². The summed E-state index contributed by atoms with van der Waals surface area (Å²) in [4.78, 5) is 16.7. The van der Waals surface area contributed by atoms with Gasteiger partial charge in [0.1, 0.15) is 5.75 Å². The molecule has 24 heavy (non-hydrogen) atoms. The highest BCUT2D eigenvalue weighted by Crippen LogP contribution is 2.20. The molecule has 3 rings (SSSR count). The minimum absolute atomic E-state index is 0.0144. The van der Waals surface area contributed by atoms with E-state index in [4.69, 9.17) is 9.15 Å². The summed E-state index contributed by atoms with van der Waals surface area (Å²) in [7, 11) is 1.67. The number of nitrogens with zero attached hydrogens (tertiary/aromatic N) is 2. The second-order valence-corrected chi connectivity index (χ2v) is 6.55. The van der Waals surface area contributed by atoms with Gasteiger partial charge in [0.2, 0.25) is 0 Å². The predicted octanol–water partition coefficient (Wildman–Crippen LogP) is 2.97. The van der Waals surface area contributed by atoms with Gasteiger partial charge in [-0.15, -0.1) is 0 Å². The van der Waals surface area contributed by atoms with Gasteiger partial charge in [-0.05, 0) is 36.1 Å². The summed E-state index contributed by atoms with van der Waals surface area (Å²) in [6, 6.07) is 11.7. The second-order valence-electron chi connectivity index (χ2n) is 5.74. The van der Waals surface area contributed by atoms with E-state index in [0.717, 1.165) is 43.6 Å². The number of hydrogen-bond acceptors (Lipinski definition) is 5. The number of piperazine rings is 1. The third-order valence-electron chi connectivity index (χ3n) is 4.22. The van der Waals surface area contributed by atoms with Crippen LogP contribution in [0, 0.1) is 0 Å². The average molecular weight is 346 g/mol. The molecule has 0 spiro atoms. The minimum atomic E-state index is -0.0144. The van der Waals surface area contributed by atoms with Crippen molar-refractivity contribution in [3.05, 3.63) is 47.7 Å². The maximum Gasteiger partial charge on any atom is 0.289 e. The van der Waals surface area contributed by atoms with Gasteiger partial charge in [0.05, 0.1) is 7.11 Å². The van der Waals surface area contributed by atoms with Crippen LogP contribution < -0.4 is 4.74 Å². The SMILES string of the molecule is COc1ccc(CN2CCN(C(=O)c3ccc(SC)o3)CC2)cc1. The molecule has 1 aliphatic heterocycles. The lowest BCUT2D eigenvalue weighted by Gasteiger charge is -2.34. The molecule has 2 aromatic rings. The highest BCUT2D eigenvalue weighted by atomic mass is 32.2. The molecule has 0 saturated carbocycles. The third-order valence-corrected chi connectivity index (χ3v) is 4.84. The lowest BCUT2D eigenvalue weighted by Crippen LogP contribution is -2.48. The molecule has 0 aliphatic carbocycles. The van der Waals surface area contributed by atoms with Crippen molar-refractivity contribution < 1.29 is 13.9 Å². The van der Waals surface area contributed by atoms with E-state index in [0.29, 0.717) is 5.76 Å². The molecule has 1 aliphatic rings. The van der Waals surface area contributed by atoms with Crippen LogP contribution >= 0.6 is 11.8 Å². The predicted molar refractivity (Wildman–Crippen MR) is 94.7 cm³/mol. The van der Waals surface area contributed by atoms with Crippen LogP contribution in [0.3, 0.4) is 0 Å².